The molecule has 2 aromatic rings. The third-order valence-electron chi connectivity index (χ3n) is 3.46. The number of nitrogens with one attached hydrogen (secondary N) is 1. The molecule has 0 saturated carbocycles. The Labute approximate surface area is 142 Å². The largest absolute Gasteiger partial charge is 0.375 e. The topological polar surface area (TPSA) is 32.3 Å². The van der Waals surface area contributed by atoms with Gasteiger partial charge in [-0.1, -0.05) is 41.9 Å². The zero-order valence-electron chi connectivity index (χ0n) is 13.2. The number of carbonyl (C=O) groups excluding carboxylic acids is 1. The van der Waals surface area contributed by atoms with E-state index in [2.05, 4.69) is 29.4 Å². The summed E-state index contributed by atoms with van der Waals surface area (Å²) in [6.07, 6.45) is 4.22. The highest BCUT2D eigenvalue weighted by Crippen LogP contribution is 2.11. The van der Waals surface area contributed by atoms with Gasteiger partial charge in [0.05, 0.1) is 0 Å². The molecule has 0 bridgehead atoms. The fourth-order valence-electron chi connectivity index (χ4n) is 2.14. The Balaban J connectivity index is 1.67. The minimum Gasteiger partial charge on any atom is -0.375 e. The maximum atomic E-state index is 11.8. The zero-order valence-corrected chi connectivity index (χ0v) is 14.0. The van der Waals surface area contributed by atoms with Crippen LogP contribution < -0.4 is 10.2 Å². The zero-order chi connectivity index (χ0) is 16.5. The third kappa shape index (κ3) is 6.17. The van der Waals surface area contributed by atoms with Crippen molar-refractivity contribution in [3.05, 3.63) is 71.3 Å². The molecule has 3 nitrogen and oxygen atoms in total. The molecule has 2 rings (SSSR count). The minimum atomic E-state index is -0.0812. The predicted molar refractivity (Wildman–Crippen MR) is 97.8 cm³/mol. The quantitative estimate of drug-likeness (QED) is 0.615. The second-order valence-electron chi connectivity index (χ2n) is 5.29. The van der Waals surface area contributed by atoms with Crippen LogP contribution in [0, 0.1) is 0 Å². The lowest BCUT2D eigenvalue weighted by Crippen LogP contribution is -2.26. The molecule has 120 valence electrons. The number of amides is 1. The van der Waals surface area contributed by atoms with E-state index in [1.54, 1.807) is 24.3 Å². The SMILES string of the molecule is CN(CCCNC(=O)/C=C/c1ccc(Cl)cc1)c1ccccc1. The van der Waals surface area contributed by atoms with Crippen LogP contribution in [-0.2, 0) is 4.79 Å². The average molecular weight is 329 g/mol. The van der Waals surface area contributed by atoms with Gasteiger partial charge < -0.3 is 10.2 Å². The van der Waals surface area contributed by atoms with Crippen LogP contribution >= 0.6 is 11.6 Å². The fraction of sp³-hybridized carbons (Fsp3) is 0.211. The smallest absolute Gasteiger partial charge is 0.244 e. The van der Waals surface area contributed by atoms with Crippen LogP contribution in [0.25, 0.3) is 6.08 Å². The summed E-state index contributed by atoms with van der Waals surface area (Å²) < 4.78 is 0. The normalized spacial score (nSPS) is 10.7. The number of rotatable bonds is 7. The monoisotopic (exact) mass is 328 g/mol. The standard InChI is InChI=1S/C19H21ClN2O/c1-22(18-6-3-2-4-7-18)15-5-14-21-19(23)13-10-16-8-11-17(20)12-9-16/h2-4,6-13H,5,14-15H2,1H3,(H,21,23)/b13-10+. The van der Waals surface area contributed by atoms with E-state index in [1.165, 1.54) is 5.69 Å². The van der Waals surface area contributed by atoms with E-state index in [0.29, 0.717) is 11.6 Å². The Bertz CT molecular complexity index is 638. The van der Waals surface area contributed by atoms with E-state index in [0.717, 1.165) is 18.5 Å². The number of hydrogen-bond donors (Lipinski definition) is 1. The first-order valence-corrected chi connectivity index (χ1v) is 8.00. The number of anilines is 1. The van der Waals surface area contributed by atoms with Crippen molar-refractivity contribution in [3.63, 3.8) is 0 Å². The molecule has 0 aliphatic carbocycles. The molecule has 0 aliphatic heterocycles. The molecular formula is C19H21ClN2O. The summed E-state index contributed by atoms with van der Waals surface area (Å²) in [5.41, 5.74) is 2.13. The van der Waals surface area contributed by atoms with Crippen molar-refractivity contribution >= 4 is 29.3 Å². The van der Waals surface area contributed by atoms with Crippen LogP contribution in [0.1, 0.15) is 12.0 Å². The lowest BCUT2D eigenvalue weighted by atomic mass is 10.2. The highest BCUT2D eigenvalue weighted by atomic mass is 35.5. The Morgan fingerprint density at radius 3 is 2.52 bits per heavy atom. The van der Waals surface area contributed by atoms with E-state index in [-0.39, 0.29) is 5.91 Å². The summed E-state index contributed by atoms with van der Waals surface area (Å²) in [6, 6.07) is 17.6. The summed E-state index contributed by atoms with van der Waals surface area (Å²) in [5.74, 6) is -0.0812. The molecule has 1 N–H and O–H groups in total. The number of hydrogen-bond acceptors (Lipinski definition) is 2. The van der Waals surface area contributed by atoms with E-state index in [4.69, 9.17) is 11.6 Å². The van der Waals surface area contributed by atoms with Gasteiger partial charge in [-0.15, -0.1) is 0 Å². The number of halogens is 1. The Kier molecular flexibility index (Phi) is 6.70. The molecular weight excluding hydrogens is 308 g/mol. The molecule has 0 aromatic heterocycles. The van der Waals surface area contributed by atoms with Gasteiger partial charge in [0.2, 0.25) is 5.91 Å². The van der Waals surface area contributed by atoms with Gasteiger partial charge in [-0.05, 0) is 42.3 Å². The molecule has 0 atom stereocenters. The molecule has 0 spiro atoms. The van der Waals surface area contributed by atoms with Gasteiger partial charge in [0.1, 0.15) is 0 Å². The number of para-hydroxylation sites is 1. The van der Waals surface area contributed by atoms with Crippen molar-refractivity contribution in [2.24, 2.45) is 0 Å². The second-order valence-corrected chi connectivity index (χ2v) is 5.72. The molecule has 0 radical (unpaired) electrons. The van der Waals surface area contributed by atoms with Crippen molar-refractivity contribution in [2.45, 2.75) is 6.42 Å². The number of carbonyl (C=O) groups is 1. The Morgan fingerprint density at radius 1 is 1.13 bits per heavy atom. The first-order chi connectivity index (χ1) is 11.1. The van der Waals surface area contributed by atoms with Crippen molar-refractivity contribution in [3.8, 4) is 0 Å². The molecule has 1 amide bonds. The van der Waals surface area contributed by atoms with Crippen molar-refractivity contribution in [1.82, 2.24) is 5.32 Å². The minimum absolute atomic E-state index is 0.0812. The first kappa shape index (κ1) is 17.1. The lowest BCUT2D eigenvalue weighted by Gasteiger charge is -2.19. The third-order valence-corrected chi connectivity index (χ3v) is 3.72. The van der Waals surface area contributed by atoms with Gasteiger partial charge >= 0.3 is 0 Å². The maximum absolute atomic E-state index is 11.8. The van der Waals surface area contributed by atoms with E-state index < -0.39 is 0 Å². The van der Waals surface area contributed by atoms with Crippen LogP contribution in [0.15, 0.2) is 60.7 Å². The van der Waals surface area contributed by atoms with Crippen LogP contribution in [0.3, 0.4) is 0 Å². The van der Waals surface area contributed by atoms with E-state index in [1.807, 2.05) is 30.3 Å². The first-order valence-electron chi connectivity index (χ1n) is 7.63. The average Bonchev–Trinajstić information content (AvgIpc) is 2.59. The molecule has 0 fully saturated rings. The van der Waals surface area contributed by atoms with Crippen molar-refractivity contribution in [1.29, 1.82) is 0 Å². The van der Waals surface area contributed by atoms with Gasteiger partial charge in [-0.25, -0.2) is 0 Å². The molecule has 23 heavy (non-hydrogen) atoms. The van der Waals surface area contributed by atoms with Crippen LogP contribution in [0.2, 0.25) is 5.02 Å². The van der Waals surface area contributed by atoms with E-state index >= 15 is 0 Å². The van der Waals surface area contributed by atoms with Gasteiger partial charge in [-0.3, -0.25) is 4.79 Å². The summed E-state index contributed by atoms with van der Waals surface area (Å²) in [6.45, 7) is 1.55. The van der Waals surface area contributed by atoms with Gasteiger partial charge in [0.15, 0.2) is 0 Å². The lowest BCUT2D eigenvalue weighted by molar-refractivity contribution is -0.116. The molecule has 0 aliphatic rings. The number of benzene rings is 2. The predicted octanol–water partition coefficient (Wildman–Crippen LogP) is 4.00. The highest BCUT2D eigenvalue weighted by molar-refractivity contribution is 6.30. The van der Waals surface area contributed by atoms with Crippen molar-refractivity contribution < 1.29 is 4.79 Å². The second kappa shape index (κ2) is 9.01. The Morgan fingerprint density at radius 2 is 1.83 bits per heavy atom. The fourth-order valence-corrected chi connectivity index (χ4v) is 2.27. The van der Waals surface area contributed by atoms with Gasteiger partial charge in [-0.2, -0.15) is 0 Å². The van der Waals surface area contributed by atoms with Crippen LogP contribution in [0.5, 0.6) is 0 Å². The molecule has 4 heteroatoms. The summed E-state index contributed by atoms with van der Waals surface area (Å²) in [4.78, 5) is 13.9. The summed E-state index contributed by atoms with van der Waals surface area (Å²) >= 11 is 5.82. The summed E-state index contributed by atoms with van der Waals surface area (Å²) in [5, 5.41) is 3.58. The Hall–Kier alpha value is -2.26. The molecule has 0 saturated heterocycles. The molecule has 0 heterocycles. The highest BCUT2D eigenvalue weighted by Gasteiger charge is 2.00. The van der Waals surface area contributed by atoms with Crippen molar-refractivity contribution in [2.75, 3.05) is 25.0 Å². The maximum Gasteiger partial charge on any atom is 0.244 e. The van der Waals surface area contributed by atoms with Crippen LogP contribution in [-0.4, -0.2) is 26.0 Å². The van der Waals surface area contributed by atoms with Gasteiger partial charge in [0, 0.05) is 36.9 Å². The number of nitrogens with zero attached hydrogens (tertiary/aromatic N) is 1. The van der Waals surface area contributed by atoms with Crippen LogP contribution in [0.4, 0.5) is 5.69 Å². The summed E-state index contributed by atoms with van der Waals surface area (Å²) in [7, 11) is 2.05. The molecule has 2 aromatic carbocycles. The molecule has 0 unspecified atom stereocenters. The van der Waals surface area contributed by atoms with Gasteiger partial charge in [0.25, 0.3) is 0 Å². The van der Waals surface area contributed by atoms with E-state index in [9.17, 15) is 4.79 Å².